The van der Waals surface area contributed by atoms with Gasteiger partial charge in [-0.05, 0) is 59.2 Å². The Morgan fingerprint density at radius 1 is 0.889 bits per heavy atom. The number of rotatable bonds is 5. The summed E-state index contributed by atoms with van der Waals surface area (Å²) in [6, 6.07) is 26.3. The molecule has 0 fully saturated rings. The van der Waals surface area contributed by atoms with Crippen molar-refractivity contribution in [3.8, 4) is 17.9 Å². The molecule has 0 saturated carbocycles. The zero-order valence-electron chi connectivity index (χ0n) is 14.4. The summed E-state index contributed by atoms with van der Waals surface area (Å²) in [7, 11) is 0. The molecule has 3 nitrogen and oxygen atoms in total. The molecule has 0 unspecified atom stereocenters. The Balaban J connectivity index is 1.69. The predicted molar refractivity (Wildman–Crippen MR) is 107 cm³/mol. The number of halogens is 1. The van der Waals surface area contributed by atoms with E-state index in [2.05, 4.69) is 12.1 Å². The van der Waals surface area contributed by atoms with E-state index in [4.69, 9.17) is 21.6 Å². The van der Waals surface area contributed by atoms with Gasteiger partial charge in [-0.25, -0.2) is 0 Å². The monoisotopic (exact) mass is 370 g/mol. The van der Waals surface area contributed by atoms with Crippen LogP contribution in [-0.2, 0) is 6.61 Å². The lowest BCUT2D eigenvalue weighted by Crippen LogP contribution is -1.94. The summed E-state index contributed by atoms with van der Waals surface area (Å²) in [6.07, 6.45) is 1.81. The third-order valence-electron chi connectivity index (χ3n) is 3.96. The standard InChI is InChI=1S/C23H15ClN2O/c24-22-9-3-19(4-10-22)16-27-23-11-5-17(6-12-23)13-21(15-26)20-7-1-18(14-25)2-8-20/h1-13H,16H2/b21-13-. The molecule has 0 aliphatic carbocycles. The summed E-state index contributed by atoms with van der Waals surface area (Å²) in [5.41, 5.74) is 3.82. The second-order valence-electron chi connectivity index (χ2n) is 5.84. The van der Waals surface area contributed by atoms with Gasteiger partial charge in [0.25, 0.3) is 0 Å². The minimum atomic E-state index is 0.459. The van der Waals surface area contributed by atoms with E-state index in [0.717, 1.165) is 22.4 Å². The first-order valence-corrected chi connectivity index (χ1v) is 8.65. The topological polar surface area (TPSA) is 56.8 Å². The van der Waals surface area contributed by atoms with E-state index in [0.29, 0.717) is 22.8 Å². The summed E-state index contributed by atoms with van der Waals surface area (Å²) >= 11 is 5.88. The smallest absolute Gasteiger partial charge is 0.119 e. The Morgan fingerprint density at radius 3 is 2.15 bits per heavy atom. The van der Waals surface area contributed by atoms with Gasteiger partial charge in [-0.1, -0.05) is 48.0 Å². The lowest BCUT2D eigenvalue weighted by atomic mass is 10.0. The van der Waals surface area contributed by atoms with Gasteiger partial charge in [0, 0.05) is 5.02 Å². The van der Waals surface area contributed by atoms with E-state index in [1.165, 1.54) is 0 Å². The molecule has 0 heterocycles. The second-order valence-corrected chi connectivity index (χ2v) is 6.28. The highest BCUT2D eigenvalue weighted by atomic mass is 35.5. The highest BCUT2D eigenvalue weighted by Crippen LogP contribution is 2.21. The molecule has 0 aliphatic rings. The Labute approximate surface area is 163 Å². The normalized spacial score (nSPS) is 10.7. The Kier molecular flexibility index (Phi) is 5.90. The second kappa shape index (κ2) is 8.72. The molecule has 3 aromatic carbocycles. The maximum Gasteiger partial charge on any atom is 0.119 e. The molecule has 3 aromatic rings. The van der Waals surface area contributed by atoms with Crippen molar-refractivity contribution in [1.29, 1.82) is 10.5 Å². The van der Waals surface area contributed by atoms with E-state index in [1.54, 1.807) is 24.3 Å². The van der Waals surface area contributed by atoms with Gasteiger partial charge in [-0.2, -0.15) is 10.5 Å². The quantitative estimate of drug-likeness (QED) is 0.417. The Morgan fingerprint density at radius 2 is 1.56 bits per heavy atom. The lowest BCUT2D eigenvalue weighted by Gasteiger charge is -2.07. The predicted octanol–water partition coefficient (Wildman–Crippen LogP) is 5.85. The first-order valence-electron chi connectivity index (χ1n) is 8.27. The van der Waals surface area contributed by atoms with Crippen molar-refractivity contribution < 1.29 is 4.74 Å². The van der Waals surface area contributed by atoms with Crippen molar-refractivity contribution in [2.75, 3.05) is 0 Å². The van der Waals surface area contributed by atoms with Crippen molar-refractivity contribution in [3.05, 3.63) is 100 Å². The summed E-state index contributed by atoms with van der Waals surface area (Å²) in [4.78, 5) is 0. The van der Waals surface area contributed by atoms with Gasteiger partial charge in [0.2, 0.25) is 0 Å². The molecule has 0 bridgehead atoms. The largest absolute Gasteiger partial charge is 0.489 e. The molecular weight excluding hydrogens is 356 g/mol. The zero-order chi connectivity index (χ0) is 19.1. The van der Waals surface area contributed by atoms with Crippen LogP contribution < -0.4 is 4.74 Å². The average molecular weight is 371 g/mol. The fourth-order valence-electron chi connectivity index (χ4n) is 2.48. The molecule has 0 aromatic heterocycles. The maximum absolute atomic E-state index is 9.43. The van der Waals surface area contributed by atoms with Crippen LogP contribution in [0.25, 0.3) is 11.6 Å². The van der Waals surface area contributed by atoms with Gasteiger partial charge in [-0.15, -0.1) is 0 Å². The number of nitriles is 2. The summed E-state index contributed by atoms with van der Waals surface area (Å²) in [5, 5.41) is 19.0. The van der Waals surface area contributed by atoms with Gasteiger partial charge in [0.05, 0.1) is 23.3 Å². The Bertz CT molecular complexity index is 1020. The minimum Gasteiger partial charge on any atom is -0.489 e. The molecule has 0 atom stereocenters. The molecule has 0 saturated heterocycles. The first-order chi connectivity index (χ1) is 13.2. The molecule has 0 radical (unpaired) electrons. The third kappa shape index (κ3) is 4.98. The highest BCUT2D eigenvalue weighted by molar-refractivity contribution is 6.30. The molecule has 0 N–H and O–H groups in total. The van der Waals surface area contributed by atoms with Crippen molar-refractivity contribution in [1.82, 2.24) is 0 Å². The van der Waals surface area contributed by atoms with Crippen molar-refractivity contribution in [3.63, 3.8) is 0 Å². The fourth-order valence-corrected chi connectivity index (χ4v) is 2.60. The average Bonchev–Trinajstić information content (AvgIpc) is 2.72. The SMILES string of the molecule is N#C/C(=C/c1ccc(OCc2ccc(Cl)cc2)cc1)c1ccc(C#N)cc1. The van der Waals surface area contributed by atoms with E-state index in [1.807, 2.05) is 54.6 Å². The molecule has 0 aliphatic heterocycles. The van der Waals surface area contributed by atoms with Gasteiger partial charge in [0.1, 0.15) is 12.4 Å². The van der Waals surface area contributed by atoms with Crippen LogP contribution in [0.2, 0.25) is 5.02 Å². The molecule has 3 rings (SSSR count). The number of nitrogens with zero attached hydrogens (tertiary/aromatic N) is 2. The van der Waals surface area contributed by atoms with Gasteiger partial charge >= 0.3 is 0 Å². The molecule has 27 heavy (non-hydrogen) atoms. The van der Waals surface area contributed by atoms with Crippen LogP contribution >= 0.6 is 11.6 Å². The summed E-state index contributed by atoms with van der Waals surface area (Å²) in [6.45, 7) is 0.459. The maximum atomic E-state index is 9.43. The number of ether oxygens (including phenoxy) is 1. The molecule has 0 amide bonds. The van der Waals surface area contributed by atoms with E-state index in [9.17, 15) is 5.26 Å². The van der Waals surface area contributed by atoms with Crippen molar-refractivity contribution in [2.45, 2.75) is 6.61 Å². The molecule has 0 spiro atoms. The number of hydrogen-bond donors (Lipinski definition) is 0. The van der Waals surface area contributed by atoms with Gasteiger partial charge in [0.15, 0.2) is 0 Å². The number of allylic oxidation sites excluding steroid dienone is 1. The van der Waals surface area contributed by atoms with Crippen LogP contribution in [0.4, 0.5) is 0 Å². The number of benzene rings is 3. The van der Waals surface area contributed by atoms with Gasteiger partial charge < -0.3 is 4.74 Å². The third-order valence-corrected chi connectivity index (χ3v) is 4.21. The van der Waals surface area contributed by atoms with Crippen LogP contribution in [0.15, 0.2) is 72.8 Å². The molecule has 130 valence electrons. The zero-order valence-corrected chi connectivity index (χ0v) is 15.1. The van der Waals surface area contributed by atoms with E-state index >= 15 is 0 Å². The first kappa shape index (κ1) is 18.3. The summed E-state index contributed by atoms with van der Waals surface area (Å²) in [5.74, 6) is 0.749. The highest BCUT2D eigenvalue weighted by Gasteiger charge is 2.02. The molecule has 4 heteroatoms. The fraction of sp³-hybridized carbons (Fsp3) is 0.0435. The van der Waals surface area contributed by atoms with Crippen LogP contribution in [-0.4, -0.2) is 0 Å². The van der Waals surface area contributed by atoms with Crippen LogP contribution in [0.5, 0.6) is 5.75 Å². The molecular formula is C23H15ClN2O. The van der Waals surface area contributed by atoms with Crippen molar-refractivity contribution >= 4 is 23.3 Å². The van der Waals surface area contributed by atoms with E-state index < -0.39 is 0 Å². The minimum absolute atomic E-state index is 0.459. The van der Waals surface area contributed by atoms with Crippen LogP contribution in [0, 0.1) is 22.7 Å². The van der Waals surface area contributed by atoms with Crippen LogP contribution in [0.1, 0.15) is 22.3 Å². The lowest BCUT2D eigenvalue weighted by molar-refractivity contribution is 0.306. The Hall–Kier alpha value is -3.53. The summed E-state index contributed by atoms with van der Waals surface area (Å²) < 4.78 is 5.77. The van der Waals surface area contributed by atoms with Crippen molar-refractivity contribution in [2.24, 2.45) is 0 Å². The number of hydrogen-bond acceptors (Lipinski definition) is 3. The van der Waals surface area contributed by atoms with E-state index in [-0.39, 0.29) is 0 Å². The van der Waals surface area contributed by atoms with Crippen LogP contribution in [0.3, 0.4) is 0 Å². The van der Waals surface area contributed by atoms with Gasteiger partial charge in [-0.3, -0.25) is 0 Å².